The van der Waals surface area contributed by atoms with Crippen LogP contribution in [0.25, 0.3) is 11.0 Å². The Morgan fingerprint density at radius 3 is 2.53 bits per heavy atom. The molecule has 0 aliphatic carbocycles. The topological polar surface area (TPSA) is 115 Å². The quantitative estimate of drug-likeness (QED) is 0.526. The first kappa shape index (κ1) is 22.3. The van der Waals surface area contributed by atoms with Gasteiger partial charge in [-0.15, -0.1) is 0 Å². The molecule has 0 atom stereocenters. The molecule has 32 heavy (non-hydrogen) atoms. The predicted octanol–water partition coefficient (Wildman–Crippen LogP) is 3.38. The van der Waals surface area contributed by atoms with Crippen molar-refractivity contribution < 1.29 is 18.3 Å². The first-order valence-corrected chi connectivity index (χ1v) is 12.2. The molecule has 1 saturated heterocycles. The fourth-order valence-electron chi connectivity index (χ4n) is 4.32. The Morgan fingerprint density at radius 2 is 1.88 bits per heavy atom. The smallest absolute Gasteiger partial charge is 0.264 e. The molecule has 3 aromatic rings. The number of sulfonamides is 1. The summed E-state index contributed by atoms with van der Waals surface area (Å²) in [6, 6.07) is 11.3. The number of nitrogens with one attached hydrogen (secondary N) is 2. The largest absolute Gasteiger partial charge is 0.390 e. The maximum Gasteiger partial charge on any atom is 0.264 e. The normalized spacial score (nSPS) is 16.4. The van der Waals surface area contributed by atoms with Crippen LogP contribution in [0, 0.1) is 5.92 Å². The molecule has 3 N–H and O–H groups in total. The first-order valence-electron chi connectivity index (χ1n) is 10.7. The summed E-state index contributed by atoms with van der Waals surface area (Å²) in [6.45, 7) is 5.18. The third kappa shape index (κ3) is 4.63. The molecule has 2 aromatic carbocycles. The van der Waals surface area contributed by atoms with Crippen molar-refractivity contribution in [3.63, 3.8) is 0 Å². The number of carbonyl (C=O) groups excluding carboxylic acids is 1. The molecule has 170 valence electrons. The summed E-state index contributed by atoms with van der Waals surface area (Å²) < 4.78 is 28.3. The summed E-state index contributed by atoms with van der Waals surface area (Å²) in [5.41, 5.74) is 1.14. The standard InChI is InChI=1S/C23H28N4O4S/c1-16(2)14-23(29)10-12-27(13-11-23)22(28)17-6-8-18(9-7-17)26-32(30,31)20-5-3-4-19-21(20)25-15-24-19/h3-9,15-16,26,29H,10-14H2,1-2H3,(H,24,25). The van der Waals surface area contributed by atoms with Crippen molar-refractivity contribution in [2.45, 2.75) is 43.6 Å². The lowest BCUT2D eigenvalue weighted by atomic mass is 9.84. The van der Waals surface area contributed by atoms with E-state index < -0.39 is 15.6 Å². The fourth-order valence-corrected chi connectivity index (χ4v) is 5.55. The van der Waals surface area contributed by atoms with E-state index in [4.69, 9.17) is 0 Å². The molecule has 0 spiro atoms. The van der Waals surface area contributed by atoms with Crippen LogP contribution in [0.4, 0.5) is 5.69 Å². The molecule has 1 aliphatic heterocycles. The molecule has 9 heteroatoms. The number of amides is 1. The highest BCUT2D eigenvalue weighted by Gasteiger charge is 2.34. The fraction of sp³-hybridized carbons (Fsp3) is 0.391. The van der Waals surface area contributed by atoms with Crippen LogP contribution in [0.3, 0.4) is 0 Å². The number of carbonyl (C=O) groups is 1. The van der Waals surface area contributed by atoms with Crippen molar-refractivity contribution in [1.29, 1.82) is 0 Å². The van der Waals surface area contributed by atoms with Crippen LogP contribution < -0.4 is 4.72 Å². The Bertz CT molecular complexity index is 1210. The highest BCUT2D eigenvalue weighted by atomic mass is 32.2. The number of aromatic nitrogens is 2. The molecular formula is C23H28N4O4S. The minimum Gasteiger partial charge on any atom is -0.390 e. The number of H-pyrrole nitrogens is 1. The number of hydrogen-bond acceptors (Lipinski definition) is 5. The van der Waals surface area contributed by atoms with Gasteiger partial charge in [-0.25, -0.2) is 13.4 Å². The average molecular weight is 457 g/mol. The first-order chi connectivity index (χ1) is 15.2. The average Bonchev–Trinajstić information content (AvgIpc) is 3.22. The van der Waals surface area contributed by atoms with Gasteiger partial charge in [0.1, 0.15) is 10.4 Å². The SMILES string of the molecule is CC(C)CC1(O)CCN(C(=O)c2ccc(NS(=O)(=O)c3cccc4[nH]cnc34)cc2)CC1. The number of para-hydroxylation sites is 1. The number of aromatic amines is 1. The molecule has 0 radical (unpaired) electrons. The molecule has 0 saturated carbocycles. The predicted molar refractivity (Wildman–Crippen MR) is 123 cm³/mol. The van der Waals surface area contributed by atoms with Gasteiger partial charge in [-0.05, 0) is 61.6 Å². The van der Waals surface area contributed by atoms with Crippen LogP contribution in [0.5, 0.6) is 0 Å². The summed E-state index contributed by atoms with van der Waals surface area (Å²) in [7, 11) is -3.84. The van der Waals surface area contributed by atoms with Crippen molar-refractivity contribution in [1.82, 2.24) is 14.9 Å². The molecule has 0 unspecified atom stereocenters. The lowest BCUT2D eigenvalue weighted by Gasteiger charge is -2.39. The van der Waals surface area contributed by atoms with Gasteiger partial charge in [0.05, 0.1) is 17.4 Å². The Morgan fingerprint density at radius 1 is 1.19 bits per heavy atom. The summed E-state index contributed by atoms with van der Waals surface area (Å²) in [5, 5.41) is 10.7. The summed E-state index contributed by atoms with van der Waals surface area (Å²) in [6.07, 6.45) is 3.31. The third-order valence-electron chi connectivity index (χ3n) is 5.86. The molecular weight excluding hydrogens is 428 g/mol. The van der Waals surface area contributed by atoms with Gasteiger partial charge in [0, 0.05) is 24.3 Å². The van der Waals surface area contributed by atoms with E-state index in [0.29, 0.717) is 54.1 Å². The number of likely N-dealkylation sites (tertiary alicyclic amines) is 1. The molecule has 4 rings (SSSR count). The summed E-state index contributed by atoms with van der Waals surface area (Å²) in [5.74, 6) is 0.283. The van der Waals surface area contributed by atoms with Gasteiger partial charge >= 0.3 is 0 Å². The van der Waals surface area contributed by atoms with E-state index in [1.54, 1.807) is 41.3 Å². The number of nitrogens with zero attached hydrogens (tertiary/aromatic N) is 2. The number of hydrogen-bond donors (Lipinski definition) is 3. The Balaban J connectivity index is 1.43. The maximum atomic E-state index is 12.9. The van der Waals surface area contributed by atoms with E-state index >= 15 is 0 Å². The number of piperidine rings is 1. The zero-order chi connectivity index (χ0) is 22.9. The van der Waals surface area contributed by atoms with Gasteiger partial charge in [-0.2, -0.15) is 0 Å². The van der Waals surface area contributed by atoms with Gasteiger partial charge in [0.25, 0.3) is 15.9 Å². The van der Waals surface area contributed by atoms with Crippen molar-refractivity contribution in [3.05, 3.63) is 54.4 Å². The van der Waals surface area contributed by atoms with Crippen LogP contribution in [-0.2, 0) is 10.0 Å². The van der Waals surface area contributed by atoms with Gasteiger partial charge < -0.3 is 15.0 Å². The van der Waals surface area contributed by atoms with Gasteiger partial charge in [0.15, 0.2) is 0 Å². The summed E-state index contributed by atoms with van der Waals surface area (Å²) in [4.78, 5) is 21.7. The number of benzene rings is 2. The Labute approximate surface area is 187 Å². The van der Waals surface area contributed by atoms with Crippen molar-refractivity contribution in [2.24, 2.45) is 5.92 Å². The highest BCUT2D eigenvalue weighted by Crippen LogP contribution is 2.30. The molecule has 8 nitrogen and oxygen atoms in total. The second-order valence-corrected chi connectivity index (χ2v) is 10.5. The minimum absolute atomic E-state index is 0.0820. The van der Waals surface area contributed by atoms with Crippen molar-refractivity contribution in [2.75, 3.05) is 17.8 Å². The zero-order valence-electron chi connectivity index (χ0n) is 18.2. The zero-order valence-corrected chi connectivity index (χ0v) is 19.0. The van der Waals surface area contributed by atoms with E-state index in [1.807, 2.05) is 0 Å². The Hall–Kier alpha value is -2.91. The van der Waals surface area contributed by atoms with Crippen LogP contribution in [0.1, 0.15) is 43.5 Å². The third-order valence-corrected chi connectivity index (χ3v) is 7.27. The maximum absolute atomic E-state index is 12.9. The van der Waals surface area contributed by atoms with E-state index in [1.165, 1.54) is 12.4 Å². The Kier molecular flexibility index (Phi) is 5.96. The number of imidazole rings is 1. The van der Waals surface area contributed by atoms with Crippen LogP contribution in [0.2, 0.25) is 0 Å². The van der Waals surface area contributed by atoms with Crippen LogP contribution >= 0.6 is 0 Å². The van der Waals surface area contributed by atoms with Crippen LogP contribution in [0.15, 0.2) is 53.7 Å². The summed E-state index contributed by atoms with van der Waals surface area (Å²) >= 11 is 0. The molecule has 1 amide bonds. The van der Waals surface area contributed by atoms with Crippen molar-refractivity contribution >= 4 is 32.7 Å². The number of aliphatic hydroxyl groups is 1. The monoisotopic (exact) mass is 456 g/mol. The second kappa shape index (κ2) is 8.55. The van der Waals surface area contributed by atoms with Crippen molar-refractivity contribution in [3.8, 4) is 0 Å². The molecule has 1 aromatic heterocycles. The number of rotatable bonds is 6. The number of anilines is 1. The molecule has 1 fully saturated rings. The molecule has 0 bridgehead atoms. The van der Waals surface area contributed by atoms with E-state index in [0.717, 1.165) is 6.42 Å². The van der Waals surface area contributed by atoms with E-state index in [9.17, 15) is 18.3 Å². The highest BCUT2D eigenvalue weighted by molar-refractivity contribution is 7.93. The number of fused-ring (bicyclic) bond motifs is 1. The minimum atomic E-state index is -3.84. The molecule has 2 heterocycles. The lowest BCUT2D eigenvalue weighted by molar-refractivity contribution is -0.0311. The second-order valence-electron chi connectivity index (χ2n) is 8.85. The molecule has 1 aliphatic rings. The van der Waals surface area contributed by atoms with Crippen LogP contribution in [-0.4, -0.2) is 53.0 Å². The van der Waals surface area contributed by atoms with Gasteiger partial charge in [-0.1, -0.05) is 19.9 Å². The van der Waals surface area contributed by atoms with E-state index in [2.05, 4.69) is 28.5 Å². The van der Waals surface area contributed by atoms with Gasteiger partial charge in [0.2, 0.25) is 0 Å². The van der Waals surface area contributed by atoms with Gasteiger partial charge in [-0.3, -0.25) is 9.52 Å². The van der Waals surface area contributed by atoms with E-state index in [-0.39, 0.29) is 10.8 Å². The lowest BCUT2D eigenvalue weighted by Crippen LogP contribution is -2.47.